The maximum Gasteiger partial charge on any atom is 0.241 e. The second kappa shape index (κ2) is 3.84. The molecule has 1 saturated carbocycles. The first-order chi connectivity index (χ1) is 7.47. The average molecular weight is 240 g/mol. The largest absolute Gasteiger partial charge is 0.329 e. The van der Waals surface area contributed by atoms with Crippen LogP contribution in [0.1, 0.15) is 18.4 Å². The van der Waals surface area contributed by atoms with E-state index in [1.165, 1.54) is 0 Å². The van der Waals surface area contributed by atoms with Crippen LogP contribution in [0.4, 0.5) is 0 Å². The van der Waals surface area contributed by atoms with Gasteiger partial charge in [0.05, 0.1) is 4.90 Å². The van der Waals surface area contributed by atoms with Crippen LogP contribution >= 0.6 is 0 Å². The molecule has 5 heteroatoms. The molecule has 0 heterocycles. The van der Waals surface area contributed by atoms with Crippen molar-refractivity contribution in [3.8, 4) is 0 Å². The number of hydrogen-bond acceptors (Lipinski definition) is 3. The lowest BCUT2D eigenvalue weighted by Gasteiger charge is -2.15. The van der Waals surface area contributed by atoms with Crippen LogP contribution < -0.4 is 10.5 Å². The van der Waals surface area contributed by atoms with Crippen LogP contribution in [-0.4, -0.2) is 20.5 Å². The van der Waals surface area contributed by atoms with Crippen LogP contribution in [0, 0.1) is 6.92 Å². The summed E-state index contributed by atoms with van der Waals surface area (Å²) in [6.07, 6.45) is 1.66. The standard InChI is InChI=1S/C11H16N2O2S/c1-9-2-4-10(5-3-9)16(14,15)13-11(8-12)6-7-11/h2-5,13H,6-8,12H2,1H3. The van der Waals surface area contributed by atoms with Crippen LogP contribution in [0.5, 0.6) is 0 Å². The van der Waals surface area contributed by atoms with Gasteiger partial charge in [-0.1, -0.05) is 17.7 Å². The molecule has 1 aromatic carbocycles. The van der Waals surface area contributed by atoms with Gasteiger partial charge in [-0.15, -0.1) is 0 Å². The molecule has 0 bridgehead atoms. The van der Waals surface area contributed by atoms with E-state index in [0.29, 0.717) is 11.4 Å². The summed E-state index contributed by atoms with van der Waals surface area (Å²) in [6.45, 7) is 2.28. The van der Waals surface area contributed by atoms with Crippen LogP contribution in [0.2, 0.25) is 0 Å². The van der Waals surface area contributed by atoms with Gasteiger partial charge < -0.3 is 5.73 Å². The topological polar surface area (TPSA) is 72.2 Å². The fraction of sp³-hybridized carbons (Fsp3) is 0.455. The van der Waals surface area contributed by atoms with Gasteiger partial charge in [0.15, 0.2) is 0 Å². The van der Waals surface area contributed by atoms with Crippen LogP contribution in [0.3, 0.4) is 0 Å². The molecule has 1 aliphatic carbocycles. The predicted octanol–water partition coefficient (Wildman–Crippen LogP) is 0.765. The smallest absolute Gasteiger partial charge is 0.241 e. The highest BCUT2D eigenvalue weighted by Crippen LogP contribution is 2.35. The van der Waals surface area contributed by atoms with E-state index in [2.05, 4.69) is 4.72 Å². The fourth-order valence-corrected chi connectivity index (χ4v) is 3.03. The fourth-order valence-electron chi connectivity index (χ4n) is 1.56. The summed E-state index contributed by atoms with van der Waals surface area (Å²) in [7, 11) is -3.41. The van der Waals surface area contributed by atoms with Crippen LogP contribution in [-0.2, 0) is 10.0 Å². The molecule has 1 aliphatic rings. The average Bonchev–Trinajstić information content (AvgIpc) is 2.98. The number of sulfonamides is 1. The van der Waals surface area contributed by atoms with Gasteiger partial charge in [-0.25, -0.2) is 13.1 Å². The quantitative estimate of drug-likeness (QED) is 0.816. The Balaban J connectivity index is 2.22. The van der Waals surface area contributed by atoms with Gasteiger partial charge >= 0.3 is 0 Å². The molecule has 0 amide bonds. The van der Waals surface area contributed by atoms with E-state index >= 15 is 0 Å². The first-order valence-electron chi connectivity index (χ1n) is 5.28. The molecule has 88 valence electrons. The lowest BCUT2D eigenvalue weighted by atomic mass is 10.2. The Morgan fingerprint density at radius 1 is 1.31 bits per heavy atom. The molecule has 2 rings (SSSR count). The number of rotatable bonds is 4. The third kappa shape index (κ3) is 2.26. The molecule has 1 aromatic rings. The van der Waals surface area contributed by atoms with Gasteiger partial charge in [0.2, 0.25) is 10.0 Å². The highest BCUT2D eigenvalue weighted by atomic mass is 32.2. The first kappa shape index (κ1) is 11.6. The molecule has 0 saturated heterocycles. The third-order valence-corrected chi connectivity index (χ3v) is 4.52. The van der Waals surface area contributed by atoms with Crippen molar-refractivity contribution in [3.63, 3.8) is 0 Å². The lowest BCUT2D eigenvalue weighted by molar-refractivity contribution is 0.545. The zero-order valence-electron chi connectivity index (χ0n) is 9.23. The van der Waals surface area contributed by atoms with Gasteiger partial charge in [0.1, 0.15) is 0 Å². The number of nitrogens with two attached hydrogens (primary N) is 1. The van der Waals surface area contributed by atoms with Crippen molar-refractivity contribution in [2.75, 3.05) is 6.54 Å². The van der Waals surface area contributed by atoms with Crippen LogP contribution in [0.15, 0.2) is 29.2 Å². The highest BCUT2D eigenvalue weighted by Gasteiger charge is 2.44. The molecule has 0 atom stereocenters. The molecule has 0 radical (unpaired) electrons. The molecular weight excluding hydrogens is 224 g/mol. The van der Waals surface area contributed by atoms with Crippen molar-refractivity contribution in [2.24, 2.45) is 5.73 Å². The predicted molar refractivity (Wildman–Crippen MR) is 62.5 cm³/mol. The minimum Gasteiger partial charge on any atom is -0.329 e. The summed E-state index contributed by atoms with van der Waals surface area (Å²) in [5.41, 5.74) is 6.21. The Kier molecular flexibility index (Phi) is 2.77. The van der Waals surface area contributed by atoms with E-state index in [1.807, 2.05) is 6.92 Å². The maximum atomic E-state index is 12.0. The maximum absolute atomic E-state index is 12.0. The number of benzene rings is 1. The van der Waals surface area contributed by atoms with Crippen molar-refractivity contribution in [1.82, 2.24) is 4.72 Å². The summed E-state index contributed by atoms with van der Waals surface area (Å²) in [5, 5.41) is 0. The van der Waals surface area contributed by atoms with Gasteiger partial charge in [-0.2, -0.15) is 0 Å². The number of nitrogens with one attached hydrogen (secondary N) is 1. The summed E-state index contributed by atoms with van der Waals surface area (Å²) in [5.74, 6) is 0. The Hall–Kier alpha value is -0.910. The summed E-state index contributed by atoms with van der Waals surface area (Å²) in [4.78, 5) is 0.304. The number of hydrogen-bond donors (Lipinski definition) is 2. The van der Waals surface area contributed by atoms with E-state index in [4.69, 9.17) is 5.73 Å². The molecule has 0 aromatic heterocycles. The van der Waals surface area contributed by atoms with Crippen molar-refractivity contribution in [3.05, 3.63) is 29.8 Å². The Morgan fingerprint density at radius 3 is 2.31 bits per heavy atom. The molecule has 0 aliphatic heterocycles. The summed E-state index contributed by atoms with van der Waals surface area (Å²) < 4.78 is 26.7. The molecule has 1 fully saturated rings. The first-order valence-corrected chi connectivity index (χ1v) is 6.77. The van der Waals surface area contributed by atoms with Gasteiger partial charge in [0, 0.05) is 12.1 Å². The monoisotopic (exact) mass is 240 g/mol. The van der Waals surface area contributed by atoms with E-state index in [0.717, 1.165) is 18.4 Å². The van der Waals surface area contributed by atoms with E-state index in [-0.39, 0.29) is 5.54 Å². The summed E-state index contributed by atoms with van der Waals surface area (Å²) >= 11 is 0. The molecular formula is C11H16N2O2S. The van der Waals surface area contributed by atoms with Crippen molar-refractivity contribution < 1.29 is 8.42 Å². The van der Waals surface area contributed by atoms with E-state index < -0.39 is 10.0 Å². The Labute approximate surface area is 95.9 Å². The minimum absolute atomic E-state index is 0.304. The lowest BCUT2D eigenvalue weighted by Crippen LogP contribution is -2.42. The van der Waals surface area contributed by atoms with Gasteiger partial charge in [-0.3, -0.25) is 0 Å². The van der Waals surface area contributed by atoms with E-state index in [9.17, 15) is 8.42 Å². The molecule has 0 spiro atoms. The van der Waals surface area contributed by atoms with Gasteiger partial charge in [-0.05, 0) is 31.9 Å². The number of aryl methyl sites for hydroxylation is 1. The van der Waals surface area contributed by atoms with Crippen molar-refractivity contribution in [2.45, 2.75) is 30.2 Å². The minimum atomic E-state index is -3.41. The highest BCUT2D eigenvalue weighted by molar-refractivity contribution is 7.89. The zero-order chi connectivity index (χ0) is 11.8. The Morgan fingerprint density at radius 2 is 1.88 bits per heavy atom. The molecule has 3 N–H and O–H groups in total. The van der Waals surface area contributed by atoms with E-state index in [1.54, 1.807) is 24.3 Å². The molecule has 4 nitrogen and oxygen atoms in total. The zero-order valence-corrected chi connectivity index (χ0v) is 10.0. The second-order valence-corrected chi connectivity index (χ2v) is 6.09. The van der Waals surface area contributed by atoms with Crippen LogP contribution in [0.25, 0.3) is 0 Å². The molecule has 16 heavy (non-hydrogen) atoms. The summed E-state index contributed by atoms with van der Waals surface area (Å²) in [6, 6.07) is 6.81. The Bertz CT molecular complexity index is 475. The van der Waals surface area contributed by atoms with Crippen molar-refractivity contribution in [1.29, 1.82) is 0 Å². The normalized spacial score (nSPS) is 18.4. The third-order valence-electron chi connectivity index (χ3n) is 2.93. The molecule has 0 unspecified atom stereocenters. The van der Waals surface area contributed by atoms with Gasteiger partial charge in [0.25, 0.3) is 0 Å². The second-order valence-electron chi connectivity index (χ2n) is 4.40. The van der Waals surface area contributed by atoms with Crippen molar-refractivity contribution >= 4 is 10.0 Å². The SMILES string of the molecule is Cc1ccc(S(=O)(=O)NC2(CN)CC2)cc1.